The van der Waals surface area contributed by atoms with Crippen molar-refractivity contribution in [2.24, 2.45) is 0 Å². The first-order valence-electron chi connectivity index (χ1n) is 13.0. The molecule has 0 unspecified atom stereocenters. The molecule has 1 saturated heterocycles. The van der Waals surface area contributed by atoms with Crippen LogP contribution in [-0.4, -0.2) is 87.9 Å². The number of nitrogens with one attached hydrogen (secondary N) is 1. The third-order valence-electron chi connectivity index (χ3n) is 6.46. The molecule has 4 aromatic rings. The molecular formula is C26H30FN9O5S. The van der Waals surface area contributed by atoms with E-state index in [-0.39, 0.29) is 48.4 Å². The Hall–Kier alpha value is -4.44. The van der Waals surface area contributed by atoms with Crippen molar-refractivity contribution in [2.75, 3.05) is 36.9 Å². The third-order valence-corrected chi connectivity index (χ3v) is 8.15. The molecular weight excluding hydrogens is 569 g/mol. The van der Waals surface area contributed by atoms with E-state index in [4.69, 9.17) is 14.2 Å². The Morgan fingerprint density at radius 2 is 1.64 bits per heavy atom. The van der Waals surface area contributed by atoms with Gasteiger partial charge in [0.2, 0.25) is 33.7 Å². The van der Waals surface area contributed by atoms with Crippen LogP contribution in [0, 0.1) is 5.82 Å². The molecule has 5 rings (SSSR count). The van der Waals surface area contributed by atoms with E-state index in [0.29, 0.717) is 17.9 Å². The van der Waals surface area contributed by atoms with Gasteiger partial charge in [-0.15, -0.1) is 10.2 Å². The Kier molecular flexibility index (Phi) is 8.44. The number of methoxy groups -OCH3 is 2. The quantitative estimate of drug-likeness (QED) is 0.284. The number of hydrogen-bond donors (Lipinski definition) is 1. The summed E-state index contributed by atoms with van der Waals surface area (Å²) in [6, 6.07) is 9.08. The van der Waals surface area contributed by atoms with Crippen LogP contribution in [-0.2, 0) is 14.8 Å². The Labute approximate surface area is 242 Å². The lowest BCUT2D eigenvalue weighted by Gasteiger charge is -2.37. The molecule has 1 aliphatic rings. The summed E-state index contributed by atoms with van der Waals surface area (Å²) in [6.07, 6.45) is 2.90. The summed E-state index contributed by atoms with van der Waals surface area (Å²) in [6.45, 7) is 4.09. The Morgan fingerprint density at radius 3 is 2.26 bits per heavy atom. The minimum absolute atomic E-state index is 0.0275. The van der Waals surface area contributed by atoms with E-state index >= 15 is 0 Å². The molecule has 222 valence electrons. The molecule has 0 amide bonds. The average Bonchev–Trinajstić information content (AvgIpc) is 3.39. The fourth-order valence-electron chi connectivity index (χ4n) is 4.73. The topological polar surface area (TPSA) is 159 Å². The third kappa shape index (κ3) is 6.08. The van der Waals surface area contributed by atoms with Crippen LogP contribution in [0.2, 0.25) is 0 Å². The van der Waals surface area contributed by atoms with E-state index in [9.17, 15) is 12.8 Å². The highest BCUT2D eigenvalue weighted by Crippen LogP contribution is 2.35. The molecule has 3 aromatic heterocycles. The number of aromatic nitrogens is 7. The molecule has 2 atom stereocenters. The maximum Gasteiger partial charge on any atom is 0.245 e. The number of rotatable bonds is 10. The van der Waals surface area contributed by atoms with E-state index in [1.807, 2.05) is 32.0 Å². The zero-order valence-electron chi connectivity index (χ0n) is 23.4. The van der Waals surface area contributed by atoms with E-state index in [1.54, 1.807) is 17.0 Å². The first-order chi connectivity index (χ1) is 20.2. The average molecular weight is 600 g/mol. The van der Waals surface area contributed by atoms with Crippen LogP contribution in [0.5, 0.6) is 11.8 Å². The number of halogens is 1. The number of sulfonamides is 1. The standard InChI is InChI=1S/C26H30FN9O5S/c1-16(2)41-19-10-20(14-35(13-19)25-28-11-18(27)12-29-25)42(37,38)34-26-33-32-22(17-8-6-5-7-9-17)36(26)21-23(39-3)30-15-31-24(21)40-4/h5-9,11-12,15-16,19-20H,10,13-14H2,1-4H3,(H,33,34)/t19-,20+/m1/s1. The van der Waals surface area contributed by atoms with Crippen LogP contribution in [0.1, 0.15) is 20.3 Å². The first kappa shape index (κ1) is 29.1. The lowest BCUT2D eigenvalue weighted by molar-refractivity contribution is 0.00147. The molecule has 1 fully saturated rings. The largest absolute Gasteiger partial charge is 0.479 e. The van der Waals surface area contributed by atoms with Gasteiger partial charge in [-0.05, 0) is 20.3 Å². The molecule has 42 heavy (non-hydrogen) atoms. The molecule has 1 N–H and O–H groups in total. The van der Waals surface area contributed by atoms with Gasteiger partial charge in [0, 0.05) is 18.7 Å². The lowest BCUT2D eigenvalue weighted by atomic mass is 10.1. The van der Waals surface area contributed by atoms with Crippen molar-refractivity contribution in [1.82, 2.24) is 34.7 Å². The van der Waals surface area contributed by atoms with Gasteiger partial charge in [-0.2, -0.15) is 9.97 Å². The predicted molar refractivity (Wildman–Crippen MR) is 151 cm³/mol. The zero-order chi connectivity index (χ0) is 29.9. The van der Waals surface area contributed by atoms with E-state index in [0.717, 1.165) is 12.4 Å². The van der Waals surface area contributed by atoms with Crippen molar-refractivity contribution in [3.63, 3.8) is 0 Å². The smallest absolute Gasteiger partial charge is 0.245 e. The molecule has 4 heterocycles. The molecule has 0 bridgehead atoms. The molecule has 16 heteroatoms. The first-order valence-corrected chi connectivity index (χ1v) is 14.6. The molecule has 0 saturated carbocycles. The number of piperidine rings is 1. The SMILES string of the molecule is COc1ncnc(OC)c1-n1c(NS(=O)(=O)[C@H]2C[C@@H](OC(C)C)CN(c3ncc(F)cn3)C2)nnc1-c1ccccc1. The highest BCUT2D eigenvalue weighted by atomic mass is 32.2. The minimum Gasteiger partial charge on any atom is -0.479 e. The van der Waals surface area contributed by atoms with Crippen molar-refractivity contribution in [3.05, 3.63) is 54.9 Å². The summed E-state index contributed by atoms with van der Waals surface area (Å²) in [7, 11) is -1.30. The molecule has 0 radical (unpaired) electrons. The zero-order valence-corrected chi connectivity index (χ0v) is 24.2. The van der Waals surface area contributed by atoms with Gasteiger partial charge < -0.3 is 19.1 Å². The minimum atomic E-state index is -4.14. The van der Waals surface area contributed by atoms with E-state index < -0.39 is 27.2 Å². The van der Waals surface area contributed by atoms with E-state index in [1.165, 1.54) is 25.1 Å². The van der Waals surface area contributed by atoms with Gasteiger partial charge in [-0.25, -0.2) is 22.8 Å². The highest BCUT2D eigenvalue weighted by Gasteiger charge is 2.39. The van der Waals surface area contributed by atoms with Gasteiger partial charge in [0.15, 0.2) is 17.3 Å². The molecule has 0 spiro atoms. The molecule has 1 aliphatic heterocycles. The van der Waals surface area contributed by atoms with Gasteiger partial charge in [-0.1, -0.05) is 30.3 Å². The van der Waals surface area contributed by atoms with Gasteiger partial charge in [0.05, 0.1) is 38.8 Å². The lowest BCUT2D eigenvalue weighted by Crippen LogP contribution is -2.51. The maximum atomic E-state index is 14.0. The summed E-state index contributed by atoms with van der Waals surface area (Å²) in [5.41, 5.74) is 0.848. The molecule has 0 aliphatic carbocycles. The summed E-state index contributed by atoms with van der Waals surface area (Å²) in [4.78, 5) is 18.1. The Bertz CT molecular complexity index is 1600. The van der Waals surface area contributed by atoms with Crippen molar-refractivity contribution >= 4 is 21.9 Å². The number of benzene rings is 1. The van der Waals surface area contributed by atoms with Crippen LogP contribution in [0.3, 0.4) is 0 Å². The highest BCUT2D eigenvalue weighted by molar-refractivity contribution is 7.93. The van der Waals surface area contributed by atoms with Crippen molar-refractivity contribution in [3.8, 4) is 28.8 Å². The van der Waals surface area contributed by atoms with Crippen LogP contribution >= 0.6 is 0 Å². The van der Waals surface area contributed by atoms with Crippen LogP contribution in [0.25, 0.3) is 17.1 Å². The van der Waals surface area contributed by atoms with Crippen molar-refractivity contribution in [1.29, 1.82) is 0 Å². The van der Waals surface area contributed by atoms with Gasteiger partial charge in [0.25, 0.3) is 0 Å². The summed E-state index contributed by atoms with van der Waals surface area (Å²) < 4.78 is 62.5. The second-order valence-electron chi connectivity index (χ2n) is 9.71. The summed E-state index contributed by atoms with van der Waals surface area (Å²) in [5, 5.41) is 7.51. The number of nitrogens with zero attached hydrogens (tertiary/aromatic N) is 8. The van der Waals surface area contributed by atoms with Gasteiger partial charge in [0.1, 0.15) is 11.6 Å². The van der Waals surface area contributed by atoms with Gasteiger partial charge in [-0.3, -0.25) is 9.29 Å². The van der Waals surface area contributed by atoms with Gasteiger partial charge >= 0.3 is 0 Å². The Balaban J connectivity index is 1.56. The maximum absolute atomic E-state index is 14.0. The van der Waals surface area contributed by atoms with Crippen molar-refractivity contribution in [2.45, 2.75) is 37.7 Å². The summed E-state index contributed by atoms with van der Waals surface area (Å²) in [5.74, 6) is -0.00799. The normalized spacial score (nSPS) is 17.3. The molecule has 14 nitrogen and oxygen atoms in total. The number of anilines is 2. The summed E-state index contributed by atoms with van der Waals surface area (Å²) >= 11 is 0. The van der Waals surface area contributed by atoms with Crippen molar-refractivity contribution < 1.29 is 27.0 Å². The monoisotopic (exact) mass is 599 g/mol. The van der Waals surface area contributed by atoms with Crippen LogP contribution in [0.4, 0.5) is 16.3 Å². The fraction of sp³-hybridized carbons (Fsp3) is 0.385. The Morgan fingerprint density at radius 1 is 0.976 bits per heavy atom. The fourth-order valence-corrected chi connectivity index (χ4v) is 6.13. The van der Waals surface area contributed by atoms with Crippen LogP contribution in [0.15, 0.2) is 49.1 Å². The van der Waals surface area contributed by atoms with E-state index in [2.05, 4.69) is 34.9 Å². The predicted octanol–water partition coefficient (Wildman–Crippen LogP) is 2.48. The number of hydrogen-bond acceptors (Lipinski definition) is 12. The van der Waals surface area contributed by atoms with Crippen LogP contribution < -0.4 is 19.1 Å². The second kappa shape index (κ2) is 12.2. The molecule has 1 aromatic carbocycles. The number of ether oxygens (including phenoxy) is 3. The second-order valence-corrected chi connectivity index (χ2v) is 11.7.